The lowest BCUT2D eigenvalue weighted by molar-refractivity contribution is -0.131. The highest BCUT2D eigenvalue weighted by molar-refractivity contribution is 5.72. The summed E-state index contributed by atoms with van der Waals surface area (Å²) in [7, 11) is 0. The Balaban J connectivity index is 2.85. The van der Waals surface area contributed by atoms with Crippen molar-refractivity contribution in [1.82, 2.24) is 5.32 Å². The van der Waals surface area contributed by atoms with E-state index in [2.05, 4.69) is 5.32 Å². The zero-order chi connectivity index (χ0) is 11.1. The van der Waals surface area contributed by atoms with Gasteiger partial charge in [0.05, 0.1) is 0 Å². The lowest BCUT2D eigenvalue weighted by atomic mass is 10.2. The number of hydrogen-bond acceptors (Lipinski definition) is 3. The molecule has 4 heteroatoms. The smallest absolute Gasteiger partial charge is 0.308 e. The maximum atomic E-state index is 10.8. The largest absolute Gasteiger partial charge is 0.426 e. The molecule has 1 rings (SSSR count). The van der Waals surface area contributed by atoms with Crippen LogP contribution < -0.4 is 10.1 Å². The van der Waals surface area contributed by atoms with Gasteiger partial charge in [0, 0.05) is 18.7 Å². The van der Waals surface area contributed by atoms with Gasteiger partial charge in [-0.3, -0.25) is 9.59 Å². The van der Waals surface area contributed by atoms with Gasteiger partial charge in [-0.2, -0.15) is 0 Å². The Morgan fingerprint density at radius 2 is 2.13 bits per heavy atom. The van der Waals surface area contributed by atoms with Crippen molar-refractivity contribution in [3.63, 3.8) is 0 Å². The monoisotopic (exact) mass is 205 g/mol. The van der Waals surface area contributed by atoms with E-state index in [0.717, 1.165) is 5.56 Å². The van der Waals surface area contributed by atoms with Gasteiger partial charge in [-0.15, -0.1) is 0 Å². The van der Waals surface area contributed by atoms with Crippen molar-refractivity contribution in [2.24, 2.45) is 0 Å². The highest BCUT2D eigenvalue weighted by atomic mass is 16.5. The van der Waals surface area contributed by atoms with Gasteiger partial charge in [0.1, 0.15) is 5.75 Å². The van der Waals surface area contributed by atoms with Gasteiger partial charge >= 0.3 is 5.97 Å². The summed E-state index contributed by atoms with van der Waals surface area (Å²) in [5, 5.41) is 2.38. The normalized spacial score (nSPS) is 9.93. The molecule has 78 valence electrons. The van der Waals surface area contributed by atoms with Gasteiger partial charge in [-0.05, 0) is 12.1 Å². The Kier molecular flexibility index (Phi) is 4.09. The third-order valence-electron chi connectivity index (χ3n) is 1.60. The van der Waals surface area contributed by atoms with Crippen LogP contribution in [0.15, 0.2) is 30.5 Å². The number of para-hydroxylation sites is 1. The second-order valence-electron chi connectivity index (χ2n) is 2.75. The summed E-state index contributed by atoms with van der Waals surface area (Å²) in [4.78, 5) is 20.8. The van der Waals surface area contributed by atoms with Crippen molar-refractivity contribution in [3.05, 3.63) is 36.0 Å². The number of nitrogens with one attached hydrogen (secondary N) is 1. The van der Waals surface area contributed by atoms with E-state index in [1.54, 1.807) is 24.3 Å². The number of benzene rings is 1. The SMILES string of the molecule is CC(=O)Oc1ccccc1C=CNC=O. The van der Waals surface area contributed by atoms with Crippen LogP contribution in [-0.2, 0) is 9.59 Å². The molecule has 0 atom stereocenters. The first-order chi connectivity index (χ1) is 7.24. The topological polar surface area (TPSA) is 55.4 Å². The average molecular weight is 205 g/mol. The van der Waals surface area contributed by atoms with Gasteiger partial charge in [-0.25, -0.2) is 0 Å². The van der Waals surface area contributed by atoms with Crippen LogP contribution in [0.25, 0.3) is 6.08 Å². The Hall–Kier alpha value is -2.10. The molecule has 0 saturated carbocycles. The highest BCUT2D eigenvalue weighted by Crippen LogP contribution is 2.19. The van der Waals surface area contributed by atoms with Crippen LogP contribution >= 0.6 is 0 Å². The first kappa shape index (κ1) is 11.0. The van der Waals surface area contributed by atoms with Crippen LogP contribution in [-0.4, -0.2) is 12.4 Å². The predicted octanol–water partition coefficient (Wildman–Crippen LogP) is 1.33. The molecule has 4 nitrogen and oxygen atoms in total. The van der Waals surface area contributed by atoms with Crippen LogP contribution in [0, 0.1) is 0 Å². The molecule has 0 aliphatic rings. The van der Waals surface area contributed by atoms with Crippen molar-refractivity contribution >= 4 is 18.5 Å². The number of carbonyl (C=O) groups excluding carboxylic acids is 2. The second-order valence-corrected chi connectivity index (χ2v) is 2.75. The standard InChI is InChI=1S/C11H11NO3/c1-9(14)15-11-5-3-2-4-10(11)6-7-12-8-13/h2-8H,1H3,(H,12,13). The molecule has 15 heavy (non-hydrogen) atoms. The molecule has 1 aromatic carbocycles. The Morgan fingerprint density at radius 3 is 2.80 bits per heavy atom. The fourth-order valence-electron chi connectivity index (χ4n) is 1.04. The van der Waals surface area contributed by atoms with Gasteiger partial charge in [0.15, 0.2) is 0 Å². The van der Waals surface area contributed by atoms with Crippen molar-refractivity contribution < 1.29 is 14.3 Å². The summed E-state index contributed by atoms with van der Waals surface area (Å²) >= 11 is 0. The number of rotatable bonds is 4. The molecule has 0 saturated heterocycles. The first-order valence-corrected chi connectivity index (χ1v) is 4.37. The van der Waals surface area contributed by atoms with Crippen LogP contribution in [0.3, 0.4) is 0 Å². The Bertz CT molecular complexity index is 385. The molecule has 0 heterocycles. The van der Waals surface area contributed by atoms with Gasteiger partial charge < -0.3 is 10.1 Å². The lowest BCUT2D eigenvalue weighted by Crippen LogP contribution is -2.03. The molecule has 0 fully saturated rings. The first-order valence-electron chi connectivity index (χ1n) is 4.37. The Labute approximate surface area is 87.6 Å². The van der Waals surface area contributed by atoms with E-state index in [4.69, 9.17) is 4.74 Å². The van der Waals surface area contributed by atoms with E-state index < -0.39 is 0 Å². The summed E-state index contributed by atoms with van der Waals surface area (Å²) in [5.74, 6) is 0.0909. The minimum Gasteiger partial charge on any atom is -0.426 e. The van der Waals surface area contributed by atoms with Crippen molar-refractivity contribution in [2.75, 3.05) is 0 Å². The highest BCUT2D eigenvalue weighted by Gasteiger charge is 2.01. The van der Waals surface area contributed by atoms with Crippen LogP contribution in [0.2, 0.25) is 0 Å². The van der Waals surface area contributed by atoms with Crippen molar-refractivity contribution in [1.29, 1.82) is 0 Å². The molecule has 0 spiro atoms. The zero-order valence-corrected chi connectivity index (χ0v) is 8.27. The molecule has 1 aromatic rings. The van der Waals surface area contributed by atoms with E-state index in [-0.39, 0.29) is 5.97 Å². The van der Waals surface area contributed by atoms with E-state index in [1.165, 1.54) is 13.1 Å². The minimum atomic E-state index is -0.376. The number of carbonyl (C=O) groups is 2. The summed E-state index contributed by atoms with van der Waals surface area (Å²) < 4.78 is 4.97. The molecular weight excluding hydrogens is 194 g/mol. The predicted molar refractivity (Wildman–Crippen MR) is 56.0 cm³/mol. The van der Waals surface area contributed by atoms with Crippen LogP contribution in [0.4, 0.5) is 0 Å². The summed E-state index contributed by atoms with van der Waals surface area (Å²) in [6, 6.07) is 7.04. The molecule has 0 bridgehead atoms. The number of esters is 1. The maximum Gasteiger partial charge on any atom is 0.308 e. The number of ether oxygens (including phenoxy) is 1. The quantitative estimate of drug-likeness (QED) is 0.458. The molecule has 0 aliphatic heterocycles. The second kappa shape index (κ2) is 5.59. The average Bonchev–Trinajstić information content (AvgIpc) is 2.20. The molecule has 0 aromatic heterocycles. The third-order valence-corrected chi connectivity index (χ3v) is 1.60. The molecular formula is C11H11NO3. The van der Waals surface area contributed by atoms with E-state index in [9.17, 15) is 9.59 Å². The number of hydrogen-bond donors (Lipinski definition) is 1. The molecule has 1 amide bonds. The zero-order valence-electron chi connectivity index (χ0n) is 8.27. The molecule has 0 radical (unpaired) electrons. The Morgan fingerprint density at radius 1 is 1.40 bits per heavy atom. The maximum absolute atomic E-state index is 10.8. The van der Waals surface area contributed by atoms with E-state index >= 15 is 0 Å². The minimum absolute atomic E-state index is 0.376. The fraction of sp³-hybridized carbons (Fsp3) is 0.0909. The molecule has 1 N–H and O–H groups in total. The van der Waals surface area contributed by atoms with Gasteiger partial charge in [0.25, 0.3) is 0 Å². The van der Waals surface area contributed by atoms with E-state index in [1.807, 2.05) is 6.07 Å². The summed E-state index contributed by atoms with van der Waals surface area (Å²) in [5.41, 5.74) is 0.724. The van der Waals surface area contributed by atoms with Crippen molar-refractivity contribution in [2.45, 2.75) is 6.92 Å². The van der Waals surface area contributed by atoms with Crippen LogP contribution in [0.1, 0.15) is 12.5 Å². The van der Waals surface area contributed by atoms with Gasteiger partial charge in [-0.1, -0.05) is 18.2 Å². The van der Waals surface area contributed by atoms with Crippen molar-refractivity contribution in [3.8, 4) is 5.75 Å². The summed E-state index contributed by atoms with van der Waals surface area (Å²) in [6.45, 7) is 1.34. The van der Waals surface area contributed by atoms with Crippen LogP contribution in [0.5, 0.6) is 5.75 Å². The van der Waals surface area contributed by atoms with E-state index in [0.29, 0.717) is 12.2 Å². The fourth-order valence-corrected chi connectivity index (χ4v) is 1.04. The van der Waals surface area contributed by atoms with Gasteiger partial charge in [0.2, 0.25) is 6.41 Å². The molecule has 0 unspecified atom stereocenters. The lowest BCUT2D eigenvalue weighted by Gasteiger charge is -2.04. The third kappa shape index (κ3) is 3.64. The number of amides is 1. The summed E-state index contributed by atoms with van der Waals surface area (Å²) in [6.07, 6.45) is 3.67. The molecule has 0 aliphatic carbocycles.